The molecule has 0 aliphatic carbocycles. The highest BCUT2D eigenvalue weighted by molar-refractivity contribution is 5.96. The van der Waals surface area contributed by atoms with Crippen LogP contribution in [0.1, 0.15) is 18.5 Å². The van der Waals surface area contributed by atoms with E-state index in [9.17, 15) is 0 Å². The summed E-state index contributed by atoms with van der Waals surface area (Å²) in [6, 6.07) is 16.2. The van der Waals surface area contributed by atoms with Crippen molar-refractivity contribution >= 4 is 28.1 Å². The minimum absolute atomic E-state index is 0.0924. The molecule has 0 saturated carbocycles. The lowest BCUT2D eigenvalue weighted by Gasteiger charge is -2.01. The zero-order chi connectivity index (χ0) is 16.0. The van der Waals surface area contributed by atoms with Crippen molar-refractivity contribution in [3.8, 4) is 0 Å². The number of hydrogen-bond acceptors (Lipinski definition) is 3. The fourth-order valence-electron chi connectivity index (χ4n) is 3.10. The normalized spacial score (nSPS) is 17.0. The standard InChI is InChI=1S/C18H18N5/c1-12-17(13-8-4-6-10-15(13)19-12)20-21-18-14-9-5-7-11-16(14)22(2)23(18)3/h4-11,17H,1-3H3/q+1. The minimum atomic E-state index is -0.0924. The molecule has 0 N–H and O–H groups in total. The Bertz CT molecular complexity index is 965. The number of fused-ring (bicyclic) bond motifs is 2. The van der Waals surface area contributed by atoms with E-state index in [1.807, 2.05) is 56.0 Å². The summed E-state index contributed by atoms with van der Waals surface area (Å²) in [4.78, 5) is 4.59. The lowest BCUT2D eigenvalue weighted by Crippen LogP contribution is -2.36. The number of hydrogen-bond donors (Lipinski definition) is 0. The highest BCUT2D eigenvalue weighted by Crippen LogP contribution is 2.37. The predicted molar refractivity (Wildman–Crippen MR) is 90.6 cm³/mol. The van der Waals surface area contributed by atoms with Gasteiger partial charge < -0.3 is 0 Å². The first kappa shape index (κ1) is 13.8. The van der Waals surface area contributed by atoms with Crippen molar-refractivity contribution in [2.45, 2.75) is 13.0 Å². The second kappa shape index (κ2) is 5.12. The average Bonchev–Trinajstić information content (AvgIpc) is 3.01. The predicted octanol–water partition coefficient (Wildman–Crippen LogP) is 3.93. The maximum absolute atomic E-state index is 4.60. The van der Waals surface area contributed by atoms with Crippen molar-refractivity contribution in [2.24, 2.45) is 29.3 Å². The van der Waals surface area contributed by atoms with Crippen LogP contribution in [0, 0.1) is 0 Å². The average molecular weight is 304 g/mol. The monoisotopic (exact) mass is 304 g/mol. The molecule has 1 aliphatic heterocycles. The van der Waals surface area contributed by atoms with E-state index < -0.39 is 0 Å². The van der Waals surface area contributed by atoms with Gasteiger partial charge >= 0.3 is 5.82 Å². The van der Waals surface area contributed by atoms with E-state index in [0.717, 1.165) is 33.7 Å². The third-order valence-electron chi connectivity index (χ3n) is 4.44. The molecule has 114 valence electrons. The molecule has 5 heteroatoms. The molecule has 0 amide bonds. The zero-order valence-electron chi connectivity index (χ0n) is 13.4. The molecule has 4 rings (SSSR count). The van der Waals surface area contributed by atoms with Crippen LogP contribution in [0.3, 0.4) is 0 Å². The van der Waals surface area contributed by atoms with Crippen LogP contribution in [0.15, 0.2) is 63.8 Å². The SMILES string of the molecule is CC1=Nc2ccccc2C1N=Nc1c2ccccc2n(C)[n+]1C. The molecule has 2 heterocycles. The maximum Gasteiger partial charge on any atom is 0.377 e. The van der Waals surface area contributed by atoms with Crippen molar-refractivity contribution in [1.29, 1.82) is 0 Å². The van der Waals surface area contributed by atoms with Crippen molar-refractivity contribution < 1.29 is 4.68 Å². The first-order chi connectivity index (χ1) is 11.2. The molecule has 1 atom stereocenters. The Balaban J connectivity index is 1.79. The Labute approximate surface area is 134 Å². The van der Waals surface area contributed by atoms with Crippen molar-refractivity contribution in [3.05, 3.63) is 54.1 Å². The van der Waals surface area contributed by atoms with E-state index in [-0.39, 0.29) is 6.04 Å². The molecule has 0 saturated heterocycles. The molecule has 2 aromatic carbocycles. The van der Waals surface area contributed by atoms with Crippen LogP contribution in [-0.4, -0.2) is 10.4 Å². The first-order valence-electron chi connectivity index (χ1n) is 7.65. The molecule has 23 heavy (non-hydrogen) atoms. The largest absolute Gasteiger partial charge is 0.377 e. The van der Waals surface area contributed by atoms with Gasteiger partial charge in [-0.05, 0) is 25.1 Å². The summed E-state index contributed by atoms with van der Waals surface area (Å²) in [5.41, 5.74) is 4.24. The Morgan fingerprint density at radius 2 is 1.83 bits per heavy atom. The zero-order valence-corrected chi connectivity index (χ0v) is 13.4. The minimum Gasteiger partial charge on any atom is -0.255 e. The molecule has 1 unspecified atom stereocenters. The van der Waals surface area contributed by atoms with Gasteiger partial charge in [0.2, 0.25) is 0 Å². The summed E-state index contributed by atoms with van der Waals surface area (Å²) < 4.78 is 4.09. The summed E-state index contributed by atoms with van der Waals surface area (Å²) in [6.07, 6.45) is 0. The molecule has 0 radical (unpaired) electrons. The van der Waals surface area contributed by atoms with Gasteiger partial charge in [0.15, 0.2) is 6.04 Å². The lowest BCUT2D eigenvalue weighted by atomic mass is 10.1. The summed E-state index contributed by atoms with van der Waals surface area (Å²) >= 11 is 0. The number of aryl methyl sites for hydroxylation is 1. The third kappa shape index (κ3) is 2.08. The van der Waals surface area contributed by atoms with Gasteiger partial charge in [-0.3, -0.25) is 4.99 Å². The van der Waals surface area contributed by atoms with Crippen molar-refractivity contribution in [3.63, 3.8) is 0 Å². The Hall–Kier alpha value is -2.82. The fourth-order valence-corrected chi connectivity index (χ4v) is 3.10. The number of para-hydroxylation sites is 2. The van der Waals surface area contributed by atoms with Gasteiger partial charge in [0.05, 0.1) is 21.7 Å². The molecule has 0 spiro atoms. The number of nitrogens with zero attached hydrogens (tertiary/aromatic N) is 5. The second-order valence-electron chi connectivity index (χ2n) is 5.82. The van der Waals surface area contributed by atoms with Crippen molar-refractivity contribution in [2.75, 3.05) is 0 Å². The highest BCUT2D eigenvalue weighted by Gasteiger charge is 2.27. The maximum atomic E-state index is 4.60. The van der Waals surface area contributed by atoms with Gasteiger partial charge in [0.25, 0.3) is 0 Å². The van der Waals surface area contributed by atoms with Crippen LogP contribution >= 0.6 is 0 Å². The van der Waals surface area contributed by atoms with Crippen LogP contribution in [0.5, 0.6) is 0 Å². The van der Waals surface area contributed by atoms with E-state index in [0.29, 0.717) is 0 Å². The number of aliphatic imine (C=N–C) groups is 1. The Morgan fingerprint density at radius 3 is 2.70 bits per heavy atom. The molecule has 1 aliphatic rings. The quantitative estimate of drug-likeness (QED) is 0.509. The Morgan fingerprint density at radius 1 is 1.09 bits per heavy atom. The molecular formula is C18H18N5+. The van der Waals surface area contributed by atoms with E-state index in [1.165, 1.54) is 0 Å². The highest BCUT2D eigenvalue weighted by atomic mass is 15.4. The molecule has 5 nitrogen and oxygen atoms in total. The fraction of sp³-hybridized carbons (Fsp3) is 0.222. The smallest absolute Gasteiger partial charge is 0.255 e. The molecule has 1 aromatic heterocycles. The number of aromatic nitrogens is 2. The van der Waals surface area contributed by atoms with Crippen LogP contribution in [-0.2, 0) is 14.1 Å². The van der Waals surface area contributed by atoms with Crippen LogP contribution in [0.2, 0.25) is 0 Å². The summed E-state index contributed by atoms with van der Waals surface area (Å²) in [6.45, 7) is 2.01. The first-order valence-corrected chi connectivity index (χ1v) is 7.65. The van der Waals surface area contributed by atoms with Gasteiger partial charge in [-0.15, -0.1) is 0 Å². The van der Waals surface area contributed by atoms with E-state index in [2.05, 4.69) is 38.1 Å². The summed E-state index contributed by atoms with van der Waals surface area (Å²) in [5.74, 6) is 0.861. The van der Waals surface area contributed by atoms with Crippen LogP contribution in [0.4, 0.5) is 11.5 Å². The summed E-state index contributed by atoms with van der Waals surface area (Å²) in [7, 11) is 4.02. The molecular weight excluding hydrogens is 286 g/mol. The molecule has 0 bridgehead atoms. The number of rotatable bonds is 2. The van der Waals surface area contributed by atoms with E-state index in [1.54, 1.807) is 0 Å². The van der Waals surface area contributed by atoms with E-state index in [4.69, 9.17) is 0 Å². The van der Waals surface area contributed by atoms with Crippen LogP contribution in [0.25, 0.3) is 10.9 Å². The van der Waals surface area contributed by atoms with Crippen molar-refractivity contribution in [1.82, 2.24) is 4.68 Å². The van der Waals surface area contributed by atoms with Gasteiger partial charge in [0, 0.05) is 18.3 Å². The Kier molecular flexibility index (Phi) is 3.08. The number of benzene rings is 2. The molecule has 3 aromatic rings. The van der Waals surface area contributed by atoms with E-state index >= 15 is 0 Å². The lowest BCUT2D eigenvalue weighted by molar-refractivity contribution is -0.737. The summed E-state index contributed by atoms with van der Waals surface area (Å²) in [5, 5.41) is 10.3. The van der Waals surface area contributed by atoms with Crippen LogP contribution < -0.4 is 4.68 Å². The van der Waals surface area contributed by atoms with Gasteiger partial charge in [-0.25, -0.2) is 4.68 Å². The topological polar surface area (TPSA) is 45.9 Å². The van der Waals surface area contributed by atoms with Gasteiger partial charge in [0.1, 0.15) is 7.05 Å². The third-order valence-corrected chi connectivity index (χ3v) is 4.44. The van der Waals surface area contributed by atoms with Gasteiger partial charge in [-0.2, -0.15) is 4.68 Å². The number of azo groups is 1. The molecule has 0 fully saturated rings. The second-order valence-corrected chi connectivity index (χ2v) is 5.82. The van der Waals surface area contributed by atoms with Gasteiger partial charge in [-0.1, -0.05) is 35.4 Å².